The summed E-state index contributed by atoms with van der Waals surface area (Å²) in [5, 5.41) is 8.72. The highest BCUT2D eigenvalue weighted by atomic mass is 16.4. The zero-order valence-corrected chi connectivity index (χ0v) is 7.92. The first-order valence-electron chi connectivity index (χ1n) is 4.40. The minimum atomic E-state index is -0.896. The van der Waals surface area contributed by atoms with Crippen molar-refractivity contribution in [2.75, 3.05) is 0 Å². The van der Waals surface area contributed by atoms with Gasteiger partial charge < -0.3 is 5.11 Å². The van der Waals surface area contributed by atoms with Gasteiger partial charge in [-0.25, -0.2) is 4.79 Å². The van der Waals surface area contributed by atoms with Crippen LogP contribution in [0, 0.1) is 0 Å². The van der Waals surface area contributed by atoms with E-state index in [0.717, 1.165) is 5.56 Å². The smallest absolute Gasteiger partial charge is 0.328 e. The molecule has 0 amide bonds. The second-order valence-electron chi connectivity index (χ2n) is 2.83. The third kappa shape index (κ3) is 2.97. The molecular formula is C10H12N2O2. The van der Waals surface area contributed by atoms with Crippen molar-refractivity contribution < 1.29 is 9.90 Å². The SMILES string of the molecule is CCC(/N=C/c1cccnc1)C(=O)O. The quantitative estimate of drug-likeness (QED) is 0.733. The van der Waals surface area contributed by atoms with Gasteiger partial charge in [-0.2, -0.15) is 0 Å². The molecule has 0 saturated carbocycles. The van der Waals surface area contributed by atoms with Crippen LogP contribution in [0.15, 0.2) is 29.5 Å². The van der Waals surface area contributed by atoms with Gasteiger partial charge in [0.15, 0.2) is 0 Å². The number of aromatic nitrogens is 1. The standard InChI is InChI=1S/C10H12N2O2/c1-2-9(10(13)14)12-7-8-4-3-5-11-6-8/h3-7,9H,2H2,1H3,(H,13,14)/b12-7+. The van der Waals surface area contributed by atoms with Crippen LogP contribution in [-0.4, -0.2) is 28.3 Å². The summed E-state index contributed by atoms with van der Waals surface area (Å²) in [6.45, 7) is 1.79. The third-order valence-electron chi connectivity index (χ3n) is 1.76. The Hall–Kier alpha value is -1.71. The largest absolute Gasteiger partial charge is 0.480 e. The monoisotopic (exact) mass is 192 g/mol. The lowest BCUT2D eigenvalue weighted by Gasteiger charge is -2.01. The maximum absolute atomic E-state index is 10.6. The summed E-state index contributed by atoms with van der Waals surface area (Å²) in [4.78, 5) is 18.5. The maximum Gasteiger partial charge on any atom is 0.328 e. The molecular weight excluding hydrogens is 180 g/mol. The molecule has 1 aromatic rings. The van der Waals surface area contributed by atoms with E-state index in [1.807, 2.05) is 6.07 Å². The van der Waals surface area contributed by atoms with Gasteiger partial charge in [0.05, 0.1) is 0 Å². The number of rotatable bonds is 4. The van der Waals surface area contributed by atoms with Crippen molar-refractivity contribution >= 4 is 12.2 Å². The highest BCUT2D eigenvalue weighted by Gasteiger charge is 2.11. The van der Waals surface area contributed by atoms with Crippen LogP contribution in [0.1, 0.15) is 18.9 Å². The molecule has 1 rings (SSSR count). The van der Waals surface area contributed by atoms with Crippen LogP contribution >= 0.6 is 0 Å². The fourth-order valence-electron chi connectivity index (χ4n) is 0.972. The van der Waals surface area contributed by atoms with Gasteiger partial charge in [-0.15, -0.1) is 0 Å². The molecule has 0 radical (unpaired) electrons. The lowest BCUT2D eigenvalue weighted by atomic mass is 10.2. The first kappa shape index (κ1) is 10.4. The number of carboxylic acid groups (broad SMARTS) is 1. The van der Waals surface area contributed by atoms with Crippen LogP contribution in [0.25, 0.3) is 0 Å². The maximum atomic E-state index is 10.6. The van der Waals surface area contributed by atoms with E-state index >= 15 is 0 Å². The van der Waals surface area contributed by atoms with Crippen molar-refractivity contribution in [3.63, 3.8) is 0 Å². The predicted molar refractivity (Wildman–Crippen MR) is 53.5 cm³/mol. The average Bonchev–Trinajstić information content (AvgIpc) is 2.20. The van der Waals surface area contributed by atoms with Crippen LogP contribution < -0.4 is 0 Å². The van der Waals surface area contributed by atoms with E-state index in [0.29, 0.717) is 6.42 Å². The van der Waals surface area contributed by atoms with Crippen molar-refractivity contribution in [1.82, 2.24) is 4.98 Å². The van der Waals surface area contributed by atoms with Crippen LogP contribution in [0.2, 0.25) is 0 Å². The fraction of sp³-hybridized carbons (Fsp3) is 0.300. The van der Waals surface area contributed by atoms with E-state index < -0.39 is 12.0 Å². The number of hydrogen-bond donors (Lipinski definition) is 1. The number of carbonyl (C=O) groups is 1. The lowest BCUT2D eigenvalue weighted by molar-refractivity contribution is -0.138. The Bertz CT molecular complexity index is 322. The van der Waals surface area contributed by atoms with E-state index in [2.05, 4.69) is 9.98 Å². The van der Waals surface area contributed by atoms with Gasteiger partial charge in [0.2, 0.25) is 0 Å². The Kier molecular flexibility index (Phi) is 3.79. The molecule has 1 N–H and O–H groups in total. The van der Waals surface area contributed by atoms with Crippen LogP contribution in [0.4, 0.5) is 0 Å². The summed E-state index contributed by atoms with van der Waals surface area (Å²) in [6.07, 6.45) is 5.32. The Morgan fingerprint density at radius 1 is 1.79 bits per heavy atom. The van der Waals surface area contributed by atoms with Gasteiger partial charge in [0.1, 0.15) is 6.04 Å². The number of aliphatic carboxylic acids is 1. The molecule has 14 heavy (non-hydrogen) atoms. The van der Waals surface area contributed by atoms with E-state index in [1.165, 1.54) is 6.21 Å². The van der Waals surface area contributed by atoms with Gasteiger partial charge in [-0.05, 0) is 12.5 Å². The van der Waals surface area contributed by atoms with Gasteiger partial charge in [-0.3, -0.25) is 9.98 Å². The molecule has 0 spiro atoms. The Morgan fingerprint density at radius 2 is 2.57 bits per heavy atom. The molecule has 0 aromatic carbocycles. The normalized spacial score (nSPS) is 12.9. The van der Waals surface area contributed by atoms with Gasteiger partial charge in [0.25, 0.3) is 0 Å². The molecule has 0 saturated heterocycles. The Balaban J connectivity index is 2.67. The predicted octanol–water partition coefficient (Wildman–Crippen LogP) is 1.36. The molecule has 1 atom stereocenters. The minimum Gasteiger partial charge on any atom is -0.480 e. The van der Waals surface area contributed by atoms with Crippen molar-refractivity contribution in [1.29, 1.82) is 0 Å². The molecule has 0 aliphatic carbocycles. The average molecular weight is 192 g/mol. The topological polar surface area (TPSA) is 62.5 Å². The number of nitrogens with zero attached hydrogens (tertiary/aromatic N) is 2. The minimum absolute atomic E-state index is 0.492. The summed E-state index contributed by atoms with van der Waals surface area (Å²) in [7, 11) is 0. The Labute approximate surface area is 82.3 Å². The molecule has 4 nitrogen and oxygen atoms in total. The van der Waals surface area contributed by atoms with E-state index in [-0.39, 0.29) is 0 Å². The molecule has 0 bridgehead atoms. The summed E-state index contributed by atoms with van der Waals surface area (Å²) >= 11 is 0. The zero-order chi connectivity index (χ0) is 10.4. The van der Waals surface area contributed by atoms with Crippen LogP contribution in [-0.2, 0) is 4.79 Å². The molecule has 0 aliphatic heterocycles. The van der Waals surface area contributed by atoms with Gasteiger partial charge in [-0.1, -0.05) is 13.0 Å². The third-order valence-corrected chi connectivity index (χ3v) is 1.76. The lowest BCUT2D eigenvalue weighted by Crippen LogP contribution is -2.16. The van der Waals surface area contributed by atoms with Crippen molar-refractivity contribution in [2.24, 2.45) is 4.99 Å². The second-order valence-corrected chi connectivity index (χ2v) is 2.83. The van der Waals surface area contributed by atoms with E-state index in [1.54, 1.807) is 25.4 Å². The van der Waals surface area contributed by atoms with Crippen molar-refractivity contribution in [3.8, 4) is 0 Å². The molecule has 1 heterocycles. The first-order chi connectivity index (χ1) is 6.74. The highest BCUT2D eigenvalue weighted by molar-refractivity contribution is 5.82. The molecule has 1 unspecified atom stereocenters. The van der Waals surface area contributed by atoms with E-state index in [9.17, 15) is 4.79 Å². The fourth-order valence-corrected chi connectivity index (χ4v) is 0.972. The number of carboxylic acids is 1. The molecule has 0 aliphatic rings. The van der Waals surface area contributed by atoms with Crippen molar-refractivity contribution in [2.45, 2.75) is 19.4 Å². The molecule has 74 valence electrons. The zero-order valence-electron chi connectivity index (χ0n) is 7.92. The number of pyridine rings is 1. The second kappa shape index (κ2) is 5.11. The van der Waals surface area contributed by atoms with E-state index in [4.69, 9.17) is 5.11 Å². The van der Waals surface area contributed by atoms with Crippen LogP contribution in [0.3, 0.4) is 0 Å². The Morgan fingerprint density at radius 3 is 3.07 bits per heavy atom. The number of hydrogen-bond acceptors (Lipinski definition) is 3. The molecule has 1 aromatic heterocycles. The summed E-state index contributed by atoms with van der Waals surface area (Å²) < 4.78 is 0. The summed E-state index contributed by atoms with van der Waals surface area (Å²) in [5.41, 5.74) is 0.812. The van der Waals surface area contributed by atoms with Gasteiger partial charge in [0, 0.05) is 24.2 Å². The molecule has 0 fully saturated rings. The summed E-state index contributed by atoms with van der Waals surface area (Å²) in [5.74, 6) is -0.896. The first-order valence-corrected chi connectivity index (χ1v) is 4.40. The highest BCUT2D eigenvalue weighted by Crippen LogP contribution is 1.98. The van der Waals surface area contributed by atoms with Gasteiger partial charge >= 0.3 is 5.97 Å². The molecule has 4 heteroatoms. The summed E-state index contributed by atoms with van der Waals surface area (Å²) in [6, 6.07) is 2.95. The van der Waals surface area contributed by atoms with Crippen LogP contribution in [0.5, 0.6) is 0 Å². The van der Waals surface area contributed by atoms with Crippen molar-refractivity contribution in [3.05, 3.63) is 30.1 Å². The number of aliphatic imine (C=N–C) groups is 1.